The minimum Gasteiger partial charge on any atom is -0.493 e. The molecule has 0 bridgehead atoms. The molecule has 1 atom stereocenters. The smallest absolute Gasteiger partial charge is 0.191 e. The van der Waals surface area contributed by atoms with Gasteiger partial charge in [0.2, 0.25) is 0 Å². The van der Waals surface area contributed by atoms with E-state index in [4.69, 9.17) is 26.1 Å². The lowest BCUT2D eigenvalue weighted by atomic mass is 10.1. The minimum atomic E-state index is 0.197. The van der Waals surface area contributed by atoms with Crippen molar-refractivity contribution in [2.45, 2.75) is 53.6 Å². The molecule has 166 valence electrons. The van der Waals surface area contributed by atoms with Crippen LogP contribution in [0.4, 0.5) is 0 Å². The van der Waals surface area contributed by atoms with E-state index in [1.165, 1.54) is 11.3 Å². The van der Waals surface area contributed by atoms with Gasteiger partial charge in [-0.25, -0.2) is 4.99 Å². The van der Waals surface area contributed by atoms with Crippen LogP contribution < -0.4 is 20.1 Å². The van der Waals surface area contributed by atoms with Gasteiger partial charge in [-0.3, -0.25) is 4.68 Å². The van der Waals surface area contributed by atoms with Crippen LogP contribution in [-0.2, 0) is 20.0 Å². The van der Waals surface area contributed by atoms with E-state index in [1.807, 2.05) is 37.7 Å². The summed E-state index contributed by atoms with van der Waals surface area (Å²) in [5, 5.41) is 11.8. The molecule has 8 heteroatoms. The van der Waals surface area contributed by atoms with Crippen LogP contribution in [0.5, 0.6) is 11.5 Å². The zero-order chi connectivity index (χ0) is 22.3. The third kappa shape index (κ3) is 6.05. The maximum Gasteiger partial charge on any atom is 0.191 e. The summed E-state index contributed by atoms with van der Waals surface area (Å²) < 4.78 is 12.9. The second kappa shape index (κ2) is 11.1. The van der Waals surface area contributed by atoms with Gasteiger partial charge in [0.05, 0.1) is 31.0 Å². The molecule has 0 saturated heterocycles. The number of guanidine groups is 1. The SMILES string of the molecule is CCNC(=NCc1cc(Cl)c(OCC)c(OC)c1)NC(C)Cc1c(C)nn(C)c1C. The molecule has 0 aliphatic heterocycles. The molecule has 0 saturated carbocycles. The number of benzene rings is 1. The van der Waals surface area contributed by atoms with Crippen molar-refractivity contribution in [1.29, 1.82) is 0 Å². The van der Waals surface area contributed by atoms with E-state index >= 15 is 0 Å². The van der Waals surface area contributed by atoms with E-state index in [9.17, 15) is 0 Å². The number of rotatable bonds is 9. The lowest BCUT2D eigenvalue weighted by molar-refractivity contribution is 0.311. The highest BCUT2D eigenvalue weighted by atomic mass is 35.5. The van der Waals surface area contributed by atoms with Crippen LogP contribution in [0.25, 0.3) is 0 Å². The Kier molecular flexibility index (Phi) is 8.84. The topological polar surface area (TPSA) is 72.7 Å². The Labute approximate surface area is 184 Å². The van der Waals surface area contributed by atoms with Crippen LogP contribution in [0, 0.1) is 13.8 Å². The van der Waals surface area contributed by atoms with Crippen LogP contribution in [-0.4, -0.2) is 42.0 Å². The van der Waals surface area contributed by atoms with Crippen LogP contribution in [0.2, 0.25) is 5.02 Å². The number of nitrogens with one attached hydrogen (secondary N) is 2. The van der Waals surface area contributed by atoms with Gasteiger partial charge in [-0.05, 0) is 64.3 Å². The quantitative estimate of drug-likeness (QED) is 0.463. The van der Waals surface area contributed by atoms with Gasteiger partial charge in [0.15, 0.2) is 17.5 Å². The van der Waals surface area contributed by atoms with Crippen molar-refractivity contribution in [3.8, 4) is 11.5 Å². The summed E-state index contributed by atoms with van der Waals surface area (Å²) in [6.45, 7) is 12.0. The Balaban J connectivity index is 2.13. The summed E-state index contributed by atoms with van der Waals surface area (Å²) >= 11 is 6.38. The molecule has 7 nitrogen and oxygen atoms in total. The molecular weight excluding hydrogens is 402 g/mol. The normalized spacial score (nSPS) is 12.6. The Morgan fingerprint density at radius 3 is 2.60 bits per heavy atom. The Morgan fingerprint density at radius 1 is 1.30 bits per heavy atom. The Hall–Kier alpha value is -2.41. The molecule has 0 aliphatic rings. The monoisotopic (exact) mass is 435 g/mol. The minimum absolute atomic E-state index is 0.197. The summed E-state index contributed by atoms with van der Waals surface area (Å²) in [7, 11) is 3.59. The van der Waals surface area contributed by atoms with E-state index in [0.29, 0.717) is 29.7 Å². The molecule has 1 aromatic heterocycles. The number of aromatic nitrogens is 2. The van der Waals surface area contributed by atoms with Crippen LogP contribution in [0.1, 0.15) is 43.3 Å². The molecule has 0 spiro atoms. The van der Waals surface area contributed by atoms with E-state index < -0.39 is 0 Å². The Bertz CT molecular complexity index is 879. The molecule has 0 fully saturated rings. The molecule has 2 rings (SSSR count). The number of aliphatic imine (C=N–C) groups is 1. The highest BCUT2D eigenvalue weighted by Crippen LogP contribution is 2.36. The van der Waals surface area contributed by atoms with Crippen LogP contribution in [0.3, 0.4) is 0 Å². The van der Waals surface area contributed by atoms with Crippen molar-refractivity contribution in [1.82, 2.24) is 20.4 Å². The highest BCUT2D eigenvalue weighted by molar-refractivity contribution is 6.32. The van der Waals surface area contributed by atoms with Crippen molar-refractivity contribution in [2.24, 2.45) is 12.0 Å². The fourth-order valence-electron chi connectivity index (χ4n) is 3.34. The first-order valence-electron chi connectivity index (χ1n) is 10.3. The van der Waals surface area contributed by atoms with Gasteiger partial charge in [0.25, 0.3) is 0 Å². The van der Waals surface area contributed by atoms with Gasteiger partial charge in [-0.2, -0.15) is 5.10 Å². The second-order valence-corrected chi connectivity index (χ2v) is 7.67. The first-order valence-corrected chi connectivity index (χ1v) is 10.7. The van der Waals surface area contributed by atoms with Crippen molar-refractivity contribution in [2.75, 3.05) is 20.3 Å². The standard InChI is InChI=1S/C22H34ClN5O2/c1-8-24-22(26-14(3)10-18-15(4)27-28(6)16(18)5)25-13-17-11-19(23)21(30-9-2)20(12-17)29-7/h11-12,14H,8-10,13H2,1-7H3,(H2,24,25,26). The van der Waals surface area contributed by atoms with Gasteiger partial charge in [-0.1, -0.05) is 11.6 Å². The number of methoxy groups -OCH3 is 1. The second-order valence-electron chi connectivity index (χ2n) is 7.26. The predicted molar refractivity (Wildman–Crippen MR) is 123 cm³/mol. The average molecular weight is 436 g/mol. The molecule has 2 aromatic rings. The molecule has 0 amide bonds. The largest absolute Gasteiger partial charge is 0.493 e. The summed E-state index contributed by atoms with van der Waals surface area (Å²) in [4.78, 5) is 4.73. The van der Waals surface area contributed by atoms with Crippen LogP contribution >= 0.6 is 11.6 Å². The zero-order valence-electron chi connectivity index (χ0n) is 19.1. The first-order chi connectivity index (χ1) is 14.3. The number of hydrogen-bond acceptors (Lipinski definition) is 4. The van der Waals surface area contributed by atoms with E-state index in [-0.39, 0.29) is 6.04 Å². The summed E-state index contributed by atoms with van der Waals surface area (Å²) in [6, 6.07) is 3.98. The van der Waals surface area contributed by atoms with Crippen LogP contribution in [0.15, 0.2) is 17.1 Å². The molecular formula is C22H34ClN5O2. The Morgan fingerprint density at radius 2 is 2.03 bits per heavy atom. The molecule has 0 aliphatic carbocycles. The molecule has 30 heavy (non-hydrogen) atoms. The van der Waals surface area contributed by atoms with Crippen molar-refractivity contribution < 1.29 is 9.47 Å². The highest BCUT2D eigenvalue weighted by Gasteiger charge is 2.15. The first kappa shape index (κ1) is 23.9. The van der Waals surface area contributed by atoms with Gasteiger partial charge < -0.3 is 20.1 Å². The van der Waals surface area contributed by atoms with Crippen molar-refractivity contribution >= 4 is 17.6 Å². The lowest BCUT2D eigenvalue weighted by Gasteiger charge is -2.18. The number of aryl methyl sites for hydroxylation is 2. The third-order valence-electron chi connectivity index (χ3n) is 4.89. The van der Waals surface area contributed by atoms with Gasteiger partial charge in [-0.15, -0.1) is 0 Å². The maximum absolute atomic E-state index is 6.38. The summed E-state index contributed by atoms with van der Waals surface area (Å²) in [5.74, 6) is 1.94. The number of ether oxygens (including phenoxy) is 2. The third-order valence-corrected chi connectivity index (χ3v) is 5.17. The molecule has 1 aromatic carbocycles. The van der Waals surface area contributed by atoms with Crippen molar-refractivity contribution in [3.63, 3.8) is 0 Å². The number of hydrogen-bond donors (Lipinski definition) is 2. The van der Waals surface area contributed by atoms with E-state index in [0.717, 1.165) is 30.2 Å². The summed E-state index contributed by atoms with van der Waals surface area (Å²) in [5.41, 5.74) is 4.49. The molecule has 2 N–H and O–H groups in total. The molecule has 0 radical (unpaired) electrons. The average Bonchev–Trinajstić information content (AvgIpc) is 2.94. The van der Waals surface area contributed by atoms with Gasteiger partial charge in [0.1, 0.15) is 0 Å². The zero-order valence-corrected chi connectivity index (χ0v) is 19.9. The van der Waals surface area contributed by atoms with Crippen molar-refractivity contribution in [3.05, 3.63) is 39.7 Å². The lowest BCUT2D eigenvalue weighted by Crippen LogP contribution is -2.43. The number of halogens is 1. The van der Waals surface area contributed by atoms with E-state index in [1.54, 1.807) is 7.11 Å². The predicted octanol–water partition coefficient (Wildman–Crippen LogP) is 3.78. The fraction of sp³-hybridized carbons (Fsp3) is 0.545. The summed E-state index contributed by atoms with van der Waals surface area (Å²) in [6.07, 6.45) is 0.874. The van der Waals surface area contributed by atoms with Gasteiger partial charge in [0, 0.05) is 25.3 Å². The van der Waals surface area contributed by atoms with E-state index in [2.05, 4.69) is 36.5 Å². The molecule has 1 unspecified atom stereocenters. The van der Waals surface area contributed by atoms with Gasteiger partial charge >= 0.3 is 0 Å². The molecule has 1 heterocycles. The fourth-order valence-corrected chi connectivity index (χ4v) is 3.63. The number of nitrogens with zero attached hydrogens (tertiary/aromatic N) is 3. The maximum atomic E-state index is 6.38.